The third kappa shape index (κ3) is 2.16. The SMILES string of the molecule is CCC(C)(Sc1n[nH]c(N)n1)C(=O)O. The number of nitrogens with one attached hydrogen (secondary N) is 1. The molecule has 0 saturated carbocycles. The molecule has 0 aliphatic heterocycles. The Balaban J connectivity index is 2.80. The van der Waals surface area contributed by atoms with Gasteiger partial charge in [0.2, 0.25) is 11.1 Å². The normalized spacial score (nSPS) is 15.0. The highest BCUT2D eigenvalue weighted by molar-refractivity contribution is 8.01. The molecule has 0 aromatic carbocycles. The van der Waals surface area contributed by atoms with Crippen LogP contribution in [0, 0.1) is 0 Å². The summed E-state index contributed by atoms with van der Waals surface area (Å²) in [6.45, 7) is 3.43. The van der Waals surface area contributed by atoms with Crippen molar-refractivity contribution < 1.29 is 9.90 Å². The number of thioether (sulfide) groups is 1. The summed E-state index contributed by atoms with van der Waals surface area (Å²) >= 11 is 1.09. The number of hydrogen-bond donors (Lipinski definition) is 3. The Labute approximate surface area is 85.3 Å². The molecule has 1 heterocycles. The molecular formula is C7H12N4O2S. The van der Waals surface area contributed by atoms with Gasteiger partial charge >= 0.3 is 5.97 Å². The molecule has 1 unspecified atom stereocenters. The van der Waals surface area contributed by atoms with Crippen LogP contribution in [-0.4, -0.2) is 31.0 Å². The lowest BCUT2D eigenvalue weighted by molar-refractivity contribution is -0.139. The number of rotatable bonds is 4. The minimum atomic E-state index is -0.908. The predicted molar refractivity (Wildman–Crippen MR) is 53.0 cm³/mol. The number of nitrogens with two attached hydrogens (primary N) is 1. The Morgan fingerprint density at radius 1 is 1.79 bits per heavy atom. The van der Waals surface area contributed by atoms with Crippen molar-refractivity contribution in [3.8, 4) is 0 Å². The van der Waals surface area contributed by atoms with Crippen LogP contribution in [0.2, 0.25) is 0 Å². The van der Waals surface area contributed by atoms with Crippen molar-refractivity contribution in [1.82, 2.24) is 15.2 Å². The summed E-state index contributed by atoms with van der Waals surface area (Å²) in [5.74, 6) is -0.690. The van der Waals surface area contributed by atoms with Gasteiger partial charge in [0.05, 0.1) is 0 Å². The number of anilines is 1. The number of nitrogen functional groups attached to an aromatic ring is 1. The van der Waals surface area contributed by atoms with Crippen molar-refractivity contribution in [1.29, 1.82) is 0 Å². The van der Waals surface area contributed by atoms with Gasteiger partial charge in [0.25, 0.3) is 0 Å². The molecule has 1 aromatic heterocycles. The van der Waals surface area contributed by atoms with E-state index in [2.05, 4.69) is 15.2 Å². The van der Waals surface area contributed by atoms with E-state index in [1.54, 1.807) is 13.8 Å². The van der Waals surface area contributed by atoms with Crippen molar-refractivity contribution in [2.45, 2.75) is 30.2 Å². The highest BCUT2D eigenvalue weighted by Gasteiger charge is 2.33. The number of hydrogen-bond acceptors (Lipinski definition) is 5. The van der Waals surface area contributed by atoms with E-state index < -0.39 is 10.7 Å². The minimum Gasteiger partial charge on any atom is -0.480 e. The Kier molecular flexibility index (Phi) is 3.00. The molecule has 0 aliphatic carbocycles. The van der Waals surface area contributed by atoms with Gasteiger partial charge in [-0.05, 0) is 13.3 Å². The first-order valence-corrected chi connectivity index (χ1v) is 4.90. The maximum absolute atomic E-state index is 10.9. The van der Waals surface area contributed by atoms with Crippen LogP contribution < -0.4 is 5.73 Å². The van der Waals surface area contributed by atoms with Crippen LogP contribution in [0.15, 0.2) is 5.16 Å². The average Bonchev–Trinajstić information content (AvgIpc) is 2.50. The number of nitrogens with zero attached hydrogens (tertiary/aromatic N) is 2. The maximum atomic E-state index is 10.9. The second-order valence-corrected chi connectivity index (χ2v) is 4.47. The smallest absolute Gasteiger partial charge is 0.319 e. The summed E-state index contributed by atoms with van der Waals surface area (Å²) in [4.78, 5) is 14.8. The van der Waals surface area contributed by atoms with Gasteiger partial charge in [-0.15, -0.1) is 5.10 Å². The lowest BCUT2D eigenvalue weighted by atomic mass is 10.1. The fourth-order valence-electron chi connectivity index (χ4n) is 0.772. The molecule has 78 valence electrons. The minimum absolute atomic E-state index is 0.191. The number of H-pyrrole nitrogens is 1. The molecule has 0 bridgehead atoms. The zero-order valence-electron chi connectivity index (χ0n) is 7.94. The van der Waals surface area contributed by atoms with Crippen LogP contribution in [0.25, 0.3) is 0 Å². The highest BCUT2D eigenvalue weighted by Crippen LogP contribution is 2.33. The van der Waals surface area contributed by atoms with Crippen molar-refractivity contribution in [3.63, 3.8) is 0 Å². The standard InChI is InChI=1S/C7H12N4O2S/c1-3-7(2,4(12)13)14-6-9-5(8)10-11-6/h3H2,1-2H3,(H,12,13)(H3,8,9,10,11). The second kappa shape index (κ2) is 3.87. The van der Waals surface area contributed by atoms with Crippen LogP contribution in [-0.2, 0) is 4.79 Å². The average molecular weight is 216 g/mol. The first-order chi connectivity index (χ1) is 6.48. The molecule has 7 heteroatoms. The molecule has 0 spiro atoms. The monoisotopic (exact) mass is 216 g/mol. The van der Waals surface area contributed by atoms with Crippen LogP contribution in [0.3, 0.4) is 0 Å². The Morgan fingerprint density at radius 2 is 2.43 bits per heavy atom. The first kappa shape index (κ1) is 10.8. The molecule has 0 aliphatic rings. The van der Waals surface area contributed by atoms with E-state index in [1.165, 1.54) is 0 Å². The Bertz CT molecular complexity index is 340. The van der Waals surface area contributed by atoms with Crippen LogP contribution in [0.5, 0.6) is 0 Å². The fraction of sp³-hybridized carbons (Fsp3) is 0.571. The van der Waals surface area contributed by atoms with E-state index in [4.69, 9.17) is 10.8 Å². The molecule has 1 rings (SSSR count). The number of carboxylic acid groups (broad SMARTS) is 1. The molecular weight excluding hydrogens is 204 g/mol. The predicted octanol–water partition coefficient (Wildman–Crippen LogP) is 0.732. The summed E-state index contributed by atoms with van der Waals surface area (Å²) in [7, 11) is 0. The van der Waals surface area contributed by atoms with E-state index in [-0.39, 0.29) is 5.95 Å². The molecule has 0 radical (unpaired) electrons. The third-order valence-electron chi connectivity index (χ3n) is 1.93. The fourth-order valence-corrected chi connectivity index (χ4v) is 1.64. The van der Waals surface area contributed by atoms with Gasteiger partial charge in [-0.1, -0.05) is 18.7 Å². The van der Waals surface area contributed by atoms with Gasteiger partial charge in [-0.2, -0.15) is 4.98 Å². The van der Waals surface area contributed by atoms with Crippen molar-refractivity contribution in [2.75, 3.05) is 5.73 Å². The third-order valence-corrected chi connectivity index (χ3v) is 3.20. The molecule has 1 atom stereocenters. The van der Waals surface area contributed by atoms with Gasteiger partial charge in [0.1, 0.15) is 4.75 Å². The molecule has 1 aromatic rings. The molecule has 4 N–H and O–H groups in total. The number of aromatic amines is 1. The molecule has 6 nitrogen and oxygen atoms in total. The van der Waals surface area contributed by atoms with Crippen LogP contribution >= 0.6 is 11.8 Å². The lowest BCUT2D eigenvalue weighted by Gasteiger charge is -2.19. The van der Waals surface area contributed by atoms with E-state index in [0.717, 1.165) is 11.8 Å². The summed E-state index contributed by atoms with van der Waals surface area (Å²) in [6, 6.07) is 0. The summed E-state index contributed by atoms with van der Waals surface area (Å²) in [6.07, 6.45) is 0.488. The summed E-state index contributed by atoms with van der Waals surface area (Å²) in [5, 5.41) is 15.6. The molecule has 14 heavy (non-hydrogen) atoms. The van der Waals surface area contributed by atoms with Crippen molar-refractivity contribution in [2.24, 2.45) is 0 Å². The van der Waals surface area contributed by atoms with Gasteiger partial charge in [-0.3, -0.25) is 4.79 Å². The summed E-state index contributed by atoms with van der Waals surface area (Å²) in [5.41, 5.74) is 5.33. The largest absolute Gasteiger partial charge is 0.480 e. The van der Waals surface area contributed by atoms with Crippen LogP contribution in [0.1, 0.15) is 20.3 Å². The number of carboxylic acids is 1. The van der Waals surface area contributed by atoms with E-state index >= 15 is 0 Å². The highest BCUT2D eigenvalue weighted by atomic mass is 32.2. The lowest BCUT2D eigenvalue weighted by Crippen LogP contribution is -2.30. The molecule has 0 saturated heterocycles. The van der Waals surface area contributed by atoms with E-state index in [9.17, 15) is 4.79 Å². The number of aromatic nitrogens is 3. The van der Waals surface area contributed by atoms with Gasteiger partial charge in [0.15, 0.2) is 0 Å². The maximum Gasteiger partial charge on any atom is 0.319 e. The topological polar surface area (TPSA) is 105 Å². The molecule has 0 amide bonds. The Morgan fingerprint density at radius 3 is 2.79 bits per heavy atom. The van der Waals surface area contributed by atoms with Gasteiger partial charge in [0, 0.05) is 0 Å². The van der Waals surface area contributed by atoms with Crippen molar-refractivity contribution in [3.05, 3.63) is 0 Å². The quantitative estimate of drug-likeness (QED) is 0.641. The zero-order valence-corrected chi connectivity index (χ0v) is 8.76. The van der Waals surface area contributed by atoms with Crippen molar-refractivity contribution >= 4 is 23.7 Å². The van der Waals surface area contributed by atoms with Gasteiger partial charge in [-0.25, -0.2) is 5.10 Å². The zero-order chi connectivity index (χ0) is 10.8. The second-order valence-electron chi connectivity index (χ2n) is 2.99. The number of carbonyl (C=O) groups is 1. The van der Waals surface area contributed by atoms with Crippen LogP contribution in [0.4, 0.5) is 5.95 Å². The van der Waals surface area contributed by atoms with Gasteiger partial charge < -0.3 is 10.8 Å². The Hall–Kier alpha value is -1.24. The number of aliphatic carboxylic acids is 1. The summed E-state index contributed by atoms with van der Waals surface area (Å²) < 4.78 is -0.908. The van der Waals surface area contributed by atoms with E-state index in [1.807, 2.05) is 0 Å². The first-order valence-electron chi connectivity index (χ1n) is 4.08. The van der Waals surface area contributed by atoms with E-state index in [0.29, 0.717) is 11.6 Å². The molecule has 0 fully saturated rings.